The molecule has 0 saturated carbocycles. The third kappa shape index (κ3) is 3.95. The lowest BCUT2D eigenvalue weighted by Crippen LogP contribution is -2.57. The highest BCUT2D eigenvalue weighted by Crippen LogP contribution is 2.37. The van der Waals surface area contributed by atoms with Gasteiger partial charge in [0.1, 0.15) is 5.69 Å². The summed E-state index contributed by atoms with van der Waals surface area (Å²) in [5.74, 6) is -2.11. The molecule has 1 aromatic heterocycles. The van der Waals surface area contributed by atoms with Crippen LogP contribution in [-0.2, 0) is 11.0 Å². The second kappa shape index (κ2) is 8.19. The average Bonchev–Trinajstić information content (AvgIpc) is 3.14. The number of carbonyl (C=O) groups excluding carboxylic acids is 2. The monoisotopic (exact) mass is 487 g/mol. The van der Waals surface area contributed by atoms with E-state index in [1.165, 1.54) is 17.0 Å². The Bertz CT molecular complexity index is 1340. The number of alkyl halides is 3. The molecular weight excluding hydrogens is 466 g/mol. The molecule has 0 spiro atoms. The summed E-state index contributed by atoms with van der Waals surface area (Å²) in [6, 6.07) is 9.29. The molecule has 2 saturated heterocycles. The molecule has 0 bridgehead atoms. The van der Waals surface area contributed by atoms with Crippen LogP contribution in [0.25, 0.3) is 22.2 Å². The molecule has 7 nitrogen and oxygen atoms in total. The van der Waals surface area contributed by atoms with Gasteiger partial charge in [0.2, 0.25) is 0 Å². The molecule has 2 N–H and O–H groups in total. The van der Waals surface area contributed by atoms with Gasteiger partial charge in [-0.05, 0) is 18.2 Å². The van der Waals surface area contributed by atoms with Gasteiger partial charge in [0.25, 0.3) is 11.8 Å². The molecule has 182 valence electrons. The molecule has 2 aliphatic rings. The molecule has 5 rings (SSSR count). The number of likely N-dealkylation sites (tertiary alicyclic amines) is 2. The predicted octanol–water partition coefficient (Wildman–Crippen LogP) is 3.37. The zero-order chi connectivity index (χ0) is 25.1. The van der Waals surface area contributed by atoms with E-state index in [1.807, 2.05) is 0 Å². The Kier molecular flexibility index (Phi) is 5.39. The highest BCUT2D eigenvalue weighted by molar-refractivity contribution is 6.09. The topological polar surface area (TPSA) is 84.5 Å². The van der Waals surface area contributed by atoms with Gasteiger partial charge in [0.15, 0.2) is 5.83 Å². The van der Waals surface area contributed by atoms with Crippen LogP contribution in [0, 0.1) is 0 Å². The zero-order valence-electron chi connectivity index (χ0n) is 18.4. The lowest BCUT2D eigenvalue weighted by Gasteiger charge is -2.39. The quantitative estimate of drug-likeness (QED) is 0.452. The van der Waals surface area contributed by atoms with Crippen molar-refractivity contribution >= 4 is 22.7 Å². The van der Waals surface area contributed by atoms with Crippen molar-refractivity contribution in [2.75, 3.05) is 26.2 Å². The SMILES string of the molecule is C=C(F)C(=O)N1CC(n2nc(-c3ccc(C(F)(F)F)cc3)c3cccc(C(=O)N4CC(N)C4)c32)C1. The van der Waals surface area contributed by atoms with Gasteiger partial charge in [0, 0.05) is 43.2 Å². The highest BCUT2D eigenvalue weighted by atomic mass is 19.4. The van der Waals surface area contributed by atoms with E-state index in [0.29, 0.717) is 40.8 Å². The van der Waals surface area contributed by atoms with Gasteiger partial charge in [-0.25, -0.2) is 4.39 Å². The molecule has 0 unspecified atom stereocenters. The molecule has 3 heterocycles. The van der Waals surface area contributed by atoms with E-state index in [2.05, 4.69) is 11.7 Å². The summed E-state index contributed by atoms with van der Waals surface area (Å²) in [5, 5.41) is 5.24. The summed E-state index contributed by atoms with van der Waals surface area (Å²) in [7, 11) is 0. The van der Waals surface area contributed by atoms with Gasteiger partial charge in [-0.2, -0.15) is 18.3 Å². The minimum Gasteiger partial charge on any atom is -0.335 e. The van der Waals surface area contributed by atoms with Gasteiger partial charge < -0.3 is 15.5 Å². The standard InChI is InChI=1S/C24H21F4N5O2/c1-13(25)22(34)32-11-17(12-32)33-21-18(3-2-4-19(21)23(35)31-9-16(29)10-31)20(30-33)14-5-7-15(8-6-14)24(26,27)28/h2-8,16-17H,1,9-12,29H2. The number of fused-ring (bicyclic) bond motifs is 1. The van der Waals surface area contributed by atoms with E-state index >= 15 is 0 Å². The van der Waals surface area contributed by atoms with Gasteiger partial charge in [-0.1, -0.05) is 30.8 Å². The minimum absolute atomic E-state index is 0.0919. The number of rotatable bonds is 4. The summed E-state index contributed by atoms with van der Waals surface area (Å²) < 4.78 is 54.0. The van der Waals surface area contributed by atoms with Crippen LogP contribution in [0.3, 0.4) is 0 Å². The molecule has 0 aliphatic carbocycles. The number of aromatic nitrogens is 2. The number of amides is 2. The van der Waals surface area contributed by atoms with Crippen molar-refractivity contribution in [1.29, 1.82) is 0 Å². The molecule has 2 amide bonds. The molecule has 0 radical (unpaired) electrons. The fourth-order valence-corrected chi connectivity index (χ4v) is 4.46. The Hall–Kier alpha value is -3.73. The maximum atomic E-state index is 13.3. The van der Waals surface area contributed by atoms with Crippen molar-refractivity contribution in [3.63, 3.8) is 0 Å². The summed E-state index contributed by atoms with van der Waals surface area (Å²) in [4.78, 5) is 28.0. The van der Waals surface area contributed by atoms with Crippen molar-refractivity contribution < 1.29 is 27.2 Å². The van der Waals surface area contributed by atoms with Crippen LogP contribution < -0.4 is 5.73 Å². The van der Waals surface area contributed by atoms with Crippen LogP contribution in [0.4, 0.5) is 17.6 Å². The van der Waals surface area contributed by atoms with Crippen molar-refractivity contribution in [1.82, 2.24) is 19.6 Å². The predicted molar refractivity (Wildman–Crippen MR) is 120 cm³/mol. The Morgan fingerprint density at radius 1 is 1.00 bits per heavy atom. The fourth-order valence-electron chi connectivity index (χ4n) is 4.46. The van der Waals surface area contributed by atoms with Crippen LogP contribution in [0.1, 0.15) is 22.0 Å². The van der Waals surface area contributed by atoms with E-state index in [9.17, 15) is 27.2 Å². The number of hydrogen-bond donors (Lipinski definition) is 1. The Morgan fingerprint density at radius 3 is 2.23 bits per heavy atom. The maximum absolute atomic E-state index is 13.3. The maximum Gasteiger partial charge on any atom is 0.416 e. The first-order valence-corrected chi connectivity index (χ1v) is 10.9. The molecule has 2 aliphatic heterocycles. The third-order valence-electron chi connectivity index (χ3n) is 6.37. The Labute approximate surface area is 197 Å². The van der Waals surface area contributed by atoms with E-state index in [-0.39, 0.29) is 31.1 Å². The van der Waals surface area contributed by atoms with Crippen LogP contribution >= 0.6 is 0 Å². The van der Waals surface area contributed by atoms with E-state index in [4.69, 9.17) is 5.73 Å². The number of nitrogens with zero attached hydrogens (tertiary/aromatic N) is 4. The lowest BCUT2D eigenvalue weighted by molar-refractivity contribution is -0.137. The van der Waals surface area contributed by atoms with E-state index in [1.54, 1.807) is 27.8 Å². The normalized spacial score (nSPS) is 16.8. The van der Waals surface area contributed by atoms with Gasteiger partial charge in [-0.3, -0.25) is 14.3 Å². The number of para-hydroxylation sites is 1. The van der Waals surface area contributed by atoms with E-state index < -0.39 is 23.5 Å². The number of hydrogen-bond acceptors (Lipinski definition) is 4. The first-order chi connectivity index (χ1) is 16.5. The molecule has 3 aromatic rings. The summed E-state index contributed by atoms with van der Waals surface area (Å²) in [5.41, 5.74) is 6.78. The Balaban J connectivity index is 1.59. The van der Waals surface area contributed by atoms with Crippen LogP contribution in [0.5, 0.6) is 0 Å². The minimum atomic E-state index is -4.47. The van der Waals surface area contributed by atoms with Crippen LogP contribution in [0.2, 0.25) is 0 Å². The van der Waals surface area contributed by atoms with Crippen LogP contribution in [0.15, 0.2) is 54.9 Å². The number of nitrogens with two attached hydrogens (primary N) is 1. The lowest BCUT2D eigenvalue weighted by atomic mass is 10.0. The number of benzene rings is 2. The summed E-state index contributed by atoms with van der Waals surface area (Å²) >= 11 is 0. The molecule has 11 heteroatoms. The molecule has 2 fully saturated rings. The average molecular weight is 487 g/mol. The molecule has 0 atom stereocenters. The second-order valence-corrected chi connectivity index (χ2v) is 8.81. The Morgan fingerprint density at radius 2 is 1.66 bits per heavy atom. The summed E-state index contributed by atoms with van der Waals surface area (Å²) in [6.45, 7) is 4.17. The fraction of sp³-hybridized carbons (Fsp3) is 0.292. The number of carbonyl (C=O) groups is 2. The van der Waals surface area contributed by atoms with Gasteiger partial charge >= 0.3 is 6.18 Å². The smallest absolute Gasteiger partial charge is 0.335 e. The third-order valence-corrected chi connectivity index (χ3v) is 6.37. The first kappa shape index (κ1) is 23.0. The highest BCUT2D eigenvalue weighted by Gasteiger charge is 2.37. The number of halogens is 4. The molecule has 35 heavy (non-hydrogen) atoms. The van der Waals surface area contributed by atoms with Crippen molar-refractivity contribution in [2.24, 2.45) is 5.73 Å². The molecule has 2 aromatic carbocycles. The second-order valence-electron chi connectivity index (χ2n) is 8.81. The first-order valence-electron chi connectivity index (χ1n) is 10.9. The zero-order valence-corrected chi connectivity index (χ0v) is 18.4. The van der Waals surface area contributed by atoms with Crippen molar-refractivity contribution in [3.05, 3.63) is 66.0 Å². The van der Waals surface area contributed by atoms with Gasteiger partial charge in [-0.15, -0.1) is 0 Å². The van der Waals surface area contributed by atoms with Gasteiger partial charge in [0.05, 0.1) is 22.7 Å². The largest absolute Gasteiger partial charge is 0.416 e. The van der Waals surface area contributed by atoms with E-state index in [0.717, 1.165) is 12.1 Å². The van der Waals surface area contributed by atoms with Crippen molar-refractivity contribution in [2.45, 2.75) is 18.3 Å². The van der Waals surface area contributed by atoms with Crippen LogP contribution in [-0.4, -0.2) is 63.6 Å². The summed E-state index contributed by atoms with van der Waals surface area (Å²) in [6.07, 6.45) is -4.47. The molecular formula is C24H21F4N5O2. The van der Waals surface area contributed by atoms with Crippen molar-refractivity contribution in [3.8, 4) is 11.3 Å².